The van der Waals surface area contributed by atoms with Crippen molar-refractivity contribution < 1.29 is 4.79 Å². The molecular formula is C10H11ClN2OS. The molecule has 1 rings (SSSR count). The van der Waals surface area contributed by atoms with Crippen LogP contribution in [0, 0.1) is 11.3 Å². The Bertz CT molecular complexity index is 370. The number of rotatable bonds is 5. The lowest BCUT2D eigenvalue weighted by atomic mass is 10.2. The highest BCUT2D eigenvalue weighted by Crippen LogP contribution is 2.21. The van der Waals surface area contributed by atoms with Crippen LogP contribution in [0.2, 0.25) is 5.02 Å². The maximum absolute atomic E-state index is 11.5. The SMILES string of the molecule is N#CCCCCNC(=O)c1sccc1Cl. The van der Waals surface area contributed by atoms with Gasteiger partial charge in [0.05, 0.1) is 11.1 Å². The number of hydrogen-bond acceptors (Lipinski definition) is 3. The molecule has 1 aromatic heterocycles. The summed E-state index contributed by atoms with van der Waals surface area (Å²) >= 11 is 7.13. The molecule has 0 aliphatic rings. The molecule has 0 radical (unpaired) electrons. The first-order valence-corrected chi connectivity index (χ1v) is 5.89. The monoisotopic (exact) mass is 242 g/mol. The van der Waals surface area contributed by atoms with Crippen LogP contribution in [0.3, 0.4) is 0 Å². The van der Waals surface area contributed by atoms with Crippen molar-refractivity contribution in [2.45, 2.75) is 19.3 Å². The molecule has 1 amide bonds. The van der Waals surface area contributed by atoms with E-state index in [-0.39, 0.29) is 5.91 Å². The molecule has 0 aromatic carbocycles. The number of nitrogens with one attached hydrogen (secondary N) is 1. The summed E-state index contributed by atoms with van der Waals surface area (Å²) in [5.74, 6) is -0.132. The van der Waals surface area contributed by atoms with Gasteiger partial charge in [-0.3, -0.25) is 4.79 Å². The predicted molar refractivity (Wildman–Crippen MR) is 61.1 cm³/mol. The van der Waals surface area contributed by atoms with Gasteiger partial charge in [0.25, 0.3) is 5.91 Å². The number of carbonyl (C=O) groups is 1. The Kier molecular flexibility index (Phi) is 5.16. The fourth-order valence-electron chi connectivity index (χ4n) is 1.07. The molecule has 0 bridgehead atoms. The van der Waals surface area contributed by atoms with Gasteiger partial charge in [-0.2, -0.15) is 5.26 Å². The molecule has 0 spiro atoms. The second-order valence-corrected chi connectivity index (χ2v) is 4.29. The van der Waals surface area contributed by atoms with Crippen LogP contribution in [0.25, 0.3) is 0 Å². The van der Waals surface area contributed by atoms with Crippen LogP contribution in [0.5, 0.6) is 0 Å². The van der Waals surface area contributed by atoms with Crippen molar-refractivity contribution in [3.05, 3.63) is 21.3 Å². The van der Waals surface area contributed by atoms with Crippen LogP contribution < -0.4 is 5.32 Å². The topological polar surface area (TPSA) is 52.9 Å². The van der Waals surface area contributed by atoms with Gasteiger partial charge in [0.2, 0.25) is 0 Å². The van der Waals surface area contributed by atoms with Crippen molar-refractivity contribution in [3.8, 4) is 6.07 Å². The fourth-order valence-corrected chi connectivity index (χ4v) is 2.12. The van der Waals surface area contributed by atoms with Crippen molar-refractivity contribution in [2.24, 2.45) is 0 Å². The Labute approximate surface area is 97.7 Å². The summed E-state index contributed by atoms with van der Waals surface area (Å²) in [6.07, 6.45) is 2.17. The van der Waals surface area contributed by atoms with Crippen LogP contribution in [-0.4, -0.2) is 12.5 Å². The third-order valence-electron chi connectivity index (χ3n) is 1.82. The number of carbonyl (C=O) groups excluding carboxylic acids is 1. The second kappa shape index (κ2) is 6.44. The standard InChI is InChI=1S/C10H11ClN2OS/c11-8-4-7-15-9(8)10(14)13-6-3-1-2-5-12/h4,7H,1-3,6H2,(H,13,14). The van der Waals surface area contributed by atoms with Gasteiger partial charge in [-0.1, -0.05) is 11.6 Å². The largest absolute Gasteiger partial charge is 0.351 e. The van der Waals surface area contributed by atoms with Crippen LogP contribution in [0.1, 0.15) is 28.9 Å². The lowest BCUT2D eigenvalue weighted by molar-refractivity contribution is 0.0957. The molecule has 1 N–H and O–H groups in total. The fraction of sp³-hybridized carbons (Fsp3) is 0.400. The highest BCUT2D eigenvalue weighted by Gasteiger charge is 2.10. The average Bonchev–Trinajstić information content (AvgIpc) is 2.64. The zero-order valence-electron chi connectivity index (χ0n) is 8.12. The molecule has 0 saturated carbocycles. The van der Waals surface area contributed by atoms with E-state index in [4.69, 9.17) is 16.9 Å². The quantitative estimate of drug-likeness (QED) is 0.808. The summed E-state index contributed by atoms with van der Waals surface area (Å²) in [5.41, 5.74) is 0. The molecule has 80 valence electrons. The molecule has 0 saturated heterocycles. The highest BCUT2D eigenvalue weighted by molar-refractivity contribution is 7.12. The molecule has 0 fully saturated rings. The minimum absolute atomic E-state index is 0.132. The van der Waals surface area contributed by atoms with E-state index < -0.39 is 0 Å². The van der Waals surface area contributed by atoms with Crippen molar-refractivity contribution >= 4 is 28.8 Å². The van der Waals surface area contributed by atoms with Crippen LogP contribution >= 0.6 is 22.9 Å². The van der Waals surface area contributed by atoms with Gasteiger partial charge in [0.15, 0.2) is 0 Å². The average molecular weight is 243 g/mol. The number of nitriles is 1. The Hall–Kier alpha value is -1.05. The van der Waals surface area contributed by atoms with Gasteiger partial charge in [-0.05, 0) is 24.3 Å². The summed E-state index contributed by atoms with van der Waals surface area (Å²) in [6.45, 7) is 0.592. The Morgan fingerprint density at radius 1 is 1.60 bits per heavy atom. The Morgan fingerprint density at radius 3 is 3.00 bits per heavy atom. The van der Waals surface area contributed by atoms with E-state index in [1.165, 1.54) is 11.3 Å². The van der Waals surface area contributed by atoms with E-state index in [1.807, 2.05) is 0 Å². The summed E-state index contributed by atoms with van der Waals surface area (Å²) in [7, 11) is 0. The third-order valence-corrected chi connectivity index (χ3v) is 3.16. The molecule has 0 aliphatic heterocycles. The molecule has 5 heteroatoms. The van der Waals surface area contributed by atoms with Gasteiger partial charge in [-0.25, -0.2) is 0 Å². The number of unbranched alkanes of at least 4 members (excludes halogenated alkanes) is 2. The Morgan fingerprint density at radius 2 is 2.40 bits per heavy atom. The first-order valence-electron chi connectivity index (χ1n) is 4.64. The van der Waals surface area contributed by atoms with Crippen molar-refractivity contribution in [2.75, 3.05) is 6.54 Å². The van der Waals surface area contributed by atoms with E-state index in [0.29, 0.717) is 22.9 Å². The molecule has 1 heterocycles. The molecule has 0 unspecified atom stereocenters. The van der Waals surface area contributed by atoms with Crippen LogP contribution in [0.15, 0.2) is 11.4 Å². The van der Waals surface area contributed by atoms with Crippen molar-refractivity contribution in [1.82, 2.24) is 5.32 Å². The summed E-state index contributed by atoms with van der Waals surface area (Å²) in [6, 6.07) is 3.77. The van der Waals surface area contributed by atoms with Gasteiger partial charge < -0.3 is 5.32 Å². The minimum Gasteiger partial charge on any atom is -0.351 e. The minimum atomic E-state index is -0.132. The van der Waals surface area contributed by atoms with Gasteiger partial charge in [0, 0.05) is 13.0 Å². The normalized spacial score (nSPS) is 9.60. The lowest BCUT2D eigenvalue weighted by Gasteiger charge is -2.02. The molecule has 0 aliphatic carbocycles. The van der Waals surface area contributed by atoms with Crippen molar-refractivity contribution in [3.63, 3.8) is 0 Å². The smallest absolute Gasteiger partial charge is 0.262 e. The zero-order chi connectivity index (χ0) is 11.1. The molecule has 1 aromatic rings. The molecule has 3 nitrogen and oxygen atoms in total. The number of nitrogens with zero attached hydrogens (tertiary/aromatic N) is 1. The first-order chi connectivity index (χ1) is 7.25. The number of amides is 1. The van der Waals surface area contributed by atoms with Crippen LogP contribution in [0.4, 0.5) is 0 Å². The first kappa shape index (κ1) is 12.0. The maximum Gasteiger partial charge on any atom is 0.262 e. The Balaban J connectivity index is 2.26. The zero-order valence-corrected chi connectivity index (χ0v) is 9.70. The highest BCUT2D eigenvalue weighted by atomic mass is 35.5. The summed E-state index contributed by atoms with van der Waals surface area (Å²) < 4.78 is 0. The van der Waals surface area contributed by atoms with E-state index in [9.17, 15) is 4.79 Å². The molecule has 0 atom stereocenters. The summed E-state index contributed by atoms with van der Waals surface area (Å²) in [5, 5.41) is 13.4. The van der Waals surface area contributed by atoms with Crippen LogP contribution in [-0.2, 0) is 0 Å². The maximum atomic E-state index is 11.5. The van der Waals surface area contributed by atoms with E-state index >= 15 is 0 Å². The second-order valence-electron chi connectivity index (χ2n) is 2.97. The number of halogens is 1. The van der Waals surface area contributed by atoms with E-state index in [1.54, 1.807) is 11.4 Å². The van der Waals surface area contributed by atoms with E-state index in [0.717, 1.165) is 12.8 Å². The predicted octanol–water partition coefficient (Wildman–Crippen LogP) is 2.83. The van der Waals surface area contributed by atoms with Gasteiger partial charge >= 0.3 is 0 Å². The van der Waals surface area contributed by atoms with Gasteiger partial charge in [-0.15, -0.1) is 11.3 Å². The lowest BCUT2D eigenvalue weighted by Crippen LogP contribution is -2.23. The molecule has 15 heavy (non-hydrogen) atoms. The van der Waals surface area contributed by atoms with E-state index in [2.05, 4.69) is 11.4 Å². The number of thiophene rings is 1. The number of hydrogen-bond donors (Lipinski definition) is 1. The molecular weight excluding hydrogens is 232 g/mol. The third kappa shape index (κ3) is 3.90. The van der Waals surface area contributed by atoms with Gasteiger partial charge in [0.1, 0.15) is 4.88 Å². The summed E-state index contributed by atoms with van der Waals surface area (Å²) in [4.78, 5) is 12.1. The van der Waals surface area contributed by atoms with Crippen molar-refractivity contribution in [1.29, 1.82) is 5.26 Å².